The number of aryl methyl sites for hydroxylation is 1. The van der Waals surface area contributed by atoms with Crippen LogP contribution < -0.4 is 4.74 Å². The lowest BCUT2D eigenvalue weighted by Gasteiger charge is -2.17. The van der Waals surface area contributed by atoms with Gasteiger partial charge in [0.25, 0.3) is 0 Å². The van der Waals surface area contributed by atoms with Gasteiger partial charge in [0.15, 0.2) is 0 Å². The first-order chi connectivity index (χ1) is 9.17. The molecule has 19 heavy (non-hydrogen) atoms. The van der Waals surface area contributed by atoms with Crippen molar-refractivity contribution in [2.24, 2.45) is 0 Å². The average molecular weight is 259 g/mol. The number of ether oxygens (including phenoxy) is 1. The van der Waals surface area contributed by atoms with Crippen LogP contribution in [0.4, 0.5) is 0 Å². The number of hydrogen-bond donors (Lipinski definition) is 0. The summed E-state index contributed by atoms with van der Waals surface area (Å²) in [6.45, 7) is 3.18. The number of amides is 1. The lowest BCUT2D eigenvalue weighted by molar-refractivity contribution is -0.130. The highest BCUT2D eigenvalue weighted by Gasteiger charge is 2.07. The van der Waals surface area contributed by atoms with Gasteiger partial charge < -0.3 is 9.64 Å². The van der Waals surface area contributed by atoms with E-state index in [-0.39, 0.29) is 5.91 Å². The van der Waals surface area contributed by atoms with E-state index in [1.54, 1.807) is 11.9 Å². The Morgan fingerprint density at radius 3 is 2.63 bits per heavy atom. The van der Waals surface area contributed by atoms with Crippen molar-refractivity contribution < 1.29 is 9.53 Å². The summed E-state index contributed by atoms with van der Waals surface area (Å²) in [4.78, 5) is 13.3. The first kappa shape index (κ1) is 15.1. The summed E-state index contributed by atoms with van der Waals surface area (Å²) in [7, 11) is 1.77. The van der Waals surface area contributed by atoms with Gasteiger partial charge in [-0.1, -0.05) is 19.1 Å². The SMILES string of the molecule is C#CCCC(=O)N(C)CCOc1ccc(CC)cc1. The second kappa shape index (κ2) is 8.20. The number of terminal acetylenes is 1. The Kier molecular flexibility index (Phi) is 6.52. The van der Waals surface area contributed by atoms with E-state index in [0.717, 1.165) is 12.2 Å². The molecule has 1 rings (SSSR count). The van der Waals surface area contributed by atoms with Crippen molar-refractivity contribution in [2.75, 3.05) is 20.2 Å². The summed E-state index contributed by atoms with van der Waals surface area (Å²) in [5.41, 5.74) is 1.29. The minimum absolute atomic E-state index is 0.0582. The van der Waals surface area contributed by atoms with E-state index in [2.05, 4.69) is 25.0 Å². The molecule has 0 aliphatic heterocycles. The zero-order valence-corrected chi connectivity index (χ0v) is 11.7. The van der Waals surface area contributed by atoms with Crippen LogP contribution in [-0.4, -0.2) is 31.0 Å². The fraction of sp³-hybridized carbons (Fsp3) is 0.438. The van der Waals surface area contributed by atoms with E-state index in [9.17, 15) is 4.79 Å². The summed E-state index contributed by atoms with van der Waals surface area (Å²) in [6, 6.07) is 8.02. The molecule has 3 heteroatoms. The van der Waals surface area contributed by atoms with Gasteiger partial charge in [0.1, 0.15) is 12.4 Å². The first-order valence-corrected chi connectivity index (χ1v) is 6.56. The van der Waals surface area contributed by atoms with E-state index in [1.807, 2.05) is 12.1 Å². The fourth-order valence-electron chi connectivity index (χ4n) is 1.62. The Balaban J connectivity index is 2.29. The molecule has 0 bridgehead atoms. The van der Waals surface area contributed by atoms with E-state index in [0.29, 0.717) is 26.0 Å². The molecule has 0 heterocycles. The molecule has 0 unspecified atom stereocenters. The summed E-state index contributed by atoms with van der Waals surface area (Å²) in [5, 5.41) is 0. The Bertz CT molecular complexity index is 431. The van der Waals surface area contributed by atoms with Gasteiger partial charge in [0.2, 0.25) is 5.91 Å². The van der Waals surface area contributed by atoms with Crippen molar-refractivity contribution in [1.82, 2.24) is 4.90 Å². The molecule has 0 aliphatic rings. The molecular formula is C16H21NO2. The van der Waals surface area contributed by atoms with E-state index < -0.39 is 0 Å². The number of nitrogens with zero attached hydrogens (tertiary/aromatic N) is 1. The van der Waals surface area contributed by atoms with Crippen LogP contribution in [0, 0.1) is 12.3 Å². The van der Waals surface area contributed by atoms with Crippen molar-refractivity contribution in [2.45, 2.75) is 26.2 Å². The maximum absolute atomic E-state index is 11.6. The van der Waals surface area contributed by atoms with Gasteiger partial charge in [0, 0.05) is 19.9 Å². The normalized spacial score (nSPS) is 9.74. The summed E-state index contributed by atoms with van der Waals surface area (Å²) in [6.07, 6.45) is 7.04. The molecule has 0 saturated heterocycles. The van der Waals surface area contributed by atoms with Crippen LogP contribution in [0.3, 0.4) is 0 Å². The van der Waals surface area contributed by atoms with E-state index in [4.69, 9.17) is 11.2 Å². The Morgan fingerprint density at radius 1 is 1.37 bits per heavy atom. The third-order valence-corrected chi connectivity index (χ3v) is 2.94. The van der Waals surface area contributed by atoms with Gasteiger partial charge in [-0.15, -0.1) is 12.3 Å². The van der Waals surface area contributed by atoms with Gasteiger partial charge >= 0.3 is 0 Å². The minimum Gasteiger partial charge on any atom is -0.492 e. The van der Waals surface area contributed by atoms with E-state index in [1.165, 1.54) is 5.56 Å². The predicted octanol–water partition coefficient (Wildman–Crippen LogP) is 2.50. The third kappa shape index (κ3) is 5.48. The average Bonchev–Trinajstić information content (AvgIpc) is 2.45. The molecule has 0 radical (unpaired) electrons. The molecule has 0 saturated carbocycles. The quantitative estimate of drug-likeness (QED) is 0.704. The number of hydrogen-bond acceptors (Lipinski definition) is 2. The Morgan fingerprint density at radius 2 is 2.05 bits per heavy atom. The second-order valence-corrected chi connectivity index (χ2v) is 4.37. The smallest absolute Gasteiger partial charge is 0.223 e. The van der Waals surface area contributed by atoms with Crippen LogP contribution in [0.5, 0.6) is 5.75 Å². The Hall–Kier alpha value is -1.95. The molecule has 0 fully saturated rings. The van der Waals surface area contributed by atoms with Crippen LogP contribution in [-0.2, 0) is 11.2 Å². The number of carbonyl (C=O) groups excluding carboxylic acids is 1. The van der Waals surface area contributed by atoms with Crippen LogP contribution in [0.15, 0.2) is 24.3 Å². The molecule has 3 nitrogen and oxygen atoms in total. The lowest BCUT2D eigenvalue weighted by atomic mass is 10.2. The number of rotatable bonds is 7. The molecule has 0 aromatic heterocycles. The van der Waals surface area contributed by atoms with Gasteiger partial charge in [-0.05, 0) is 24.1 Å². The van der Waals surface area contributed by atoms with Crippen molar-refractivity contribution in [3.05, 3.63) is 29.8 Å². The second-order valence-electron chi connectivity index (χ2n) is 4.37. The molecule has 1 amide bonds. The van der Waals surface area contributed by atoms with Crippen molar-refractivity contribution in [3.63, 3.8) is 0 Å². The number of likely N-dealkylation sites (N-methyl/N-ethyl adjacent to an activating group) is 1. The van der Waals surface area contributed by atoms with Crippen LogP contribution in [0.2, 0.25) is 0 Å². The van der Waals surface area contributed by atoms with Crippen LogP contribution in [0.1, 0.15) is 25.3 Å². The van der Waals surface area contributed by atoms with Gasteiger partial charge in [0.05, 0.1) is 6.54 Å². The third-order valence-electron chi connectivity index (χ3n) is 2.94. The highest BCUT2D eigenvalue weighted by Crippen LogP contribution is 2.12. The minimum atomic E-state index is 0.0582. The summed E-state index contributed by atoms with van der Waals surface area (Å²) < 4.78 is 5.60. The lowest BCUT2D eigenvalue weighted by Crippen LogP contribution is -2.30. The summed E-state index contributed by atoms with van der Waals surface area (Å²) >= 11 is 0. The predicted molar refractivity (Wildman–Crippen MR) is 77.0 cm³/mol. The topological polar surface area (TPSA) is 29.5 Å². The van der Waals surface area contributed by atoms with E-state index >= 15 is 0 Å². The molecule has 0 N–H and O–H groups in total. The zero-order valence-electron chi connectivity index (χ0n) is 11.7. The monoisotopic (exact) mass is 259 g/mol. The largest absolute Gasteiger partial charge is 0.492 e. The molecule has 0 atom stereocenters. The zero-order chi connectivity index (χ0) is 14.1. The molecule has 1 aromatic rings. The molecular weight excluding hydrogens is 238 g/mol. The van der Waals surface area contributed by atoms with Crippen LogP contribution in [0.25, 0.3) is 0 Å². The van der Waals surface area contributed by atoms with Gasteiger partial charge in [-0.2, -0.15) is 0 Å². The fourth-order valence-corrected chi connectivity index (χ4v) is 1.62. The molecule has 102 valence electrons. The number of carbonyl (C=O) groups is 1. The molecule has 0 aliphatic carbocycles. The highest BCUT2D eigenvalue weighted by molar-refractivity contribution is 5.76. The first-order valence-electron chi connectivity index (χ1n) is 6.56. The molecule has 1 aromatic carbocycles. The standard InChI is InChI=1S/C16H21NO2/c1-4-6-7-16(18)17(3)12-13-19-15-10-8-14(5-2)9-11-15/h1,8-11H,5-7,12-13H2,2-3H3. The van der Waals surface area contributed by atoms with Crippen molar-refractivity contribution >= 4 is 5.91 Å². The summed E-state index contributed by atoms with van der Waals surface area (Å²) in [5.74, 6) is 3.36. The van der Waals surface area contributed by atoms with Crippen LogP contribution >= 0.6 is 0 Å². The van der Waals surface area contributed by atoms with Crippen molar-refractivity contribution in [3.8, 4) is 18.1 Å². The van der Waals surface area contributed by atoms with Gasteiger partial charge in [-0.3, -0.25) is 4.79 Å². The Labute approximate surface area is 115 Å². The van der Waals surface area contributed by atoms with Gasteiger partial charge in [-0.25, -0.2) is 0 Å². The maximum Gasteiger partial charge on any atom is 0.223 e. The highest BCUT2D eigenvalue weighted by atomic mass is 16.5. The molecule has 0 spiro atoms. The van der Waals surface area contributed by atoms with Crippen molar-refractivity contribution in [1.29, 1.82) is 0 Å². The number of benzene rings is 1. The maximum atomic E-state index is 11.6.